The minimum Gasteiger partial charge on any atom is -0.368 e. The quantitative estimate of drug-likeness (QED) is 0.851. The summed E-state index contributed by atoms with van der Waals surface area (Å²) in [4.78, 5) is 9.58. The standard InChI is InChI=1S/C11H14N4S/c1-2-8(12-4-1)6-13-10-9-3-5-16-11(9)15-7-14-10/h3,5,7-8,12H,1-2,4,6H2,(H,13,14,15). The fourth-order valence-electron chi connectivity index (χ4n) is 2.08. The molecular formula is C11H14N4S. The smallest absolute Gasteiger partial charge is 0.138 e. The van der Waals surface area contributed by atoms with Crippen LogP contribution in [-0.2, 0) is 0 Å². The lowest BCUT2D eigenvalue weighted by atomic mass is 10.2. The van der Waals surface area contributed by atoms with Gasteiger partial charge in [-0.1, -0.05) is 0 Å². The summed E-state index contributed by atoms with van der Waals surface area (Å²) >= 11 is 1.65. The number of fused-ring (bicyclic) bond motifs is 1. The lowest BCUT2D eigenvalue weighted by molar-refractivity contribution is 0.633. The lowest BCUT2D eigenvalue weighted by Crippen LogP contribution is -2.29. The van der Waals surface area contributed by atoms with Crippen LogP contribution in [0.15, 0.2) is 17.8 Å². The zero-order valence-corrected chi connectivity index (χ0v) is 9.76. The fourth-order valence-corrected chi connectivity index (χ4v) is 2.81. The molecule has 84 valence electrons. The van der Waals surface area contributed by atoms with Gasteiger partial charge in [-0.2, -0.15) is 0 Å². The average Bonchev–Trinajstić information content (AvgIpc) is 2.97. The van der Waals surface area contributed by atoms with E-state index in [1.165, 1.54) is 12.8 Å². The molecule has 3 heterocycles. The van der Waals surface area contributed by atoms with Crippen molar-refractivity contribution in [3.05, 3.63) is 17.8 Å². The SMILES string of the molecule is c1nc(NCC2CCCN2)c2ccsc2n1. The molecule has 2 aromatic heterocycles. The zero-order chi connectivity index (χ0) is 10.8. The van der Waals surface area contributed by atoms with Crippen molar-refractivity contribution in [2.75, 3.05) is 18.4 Å². The highest BCUT2D eigenvalue weighted by Gasteiger charge is 2.14. The highest BCUT2D eigenvalue weighted by atomic mass is 32.1. The van der Waals surface area contributed by atoms with Crippen molar-refractivity contribution in [1.29, 1.82) is 0 Å². The molecule has 0 spiro atoms. The minimum absolute atomic E-state index is 0.587. The summed E-state index contributed by atoms with van der Waals surface area (Å²) in [5.74, 6) is 0.958. The molecule has 0 radical (unpaired) electrons. The highest BCUT2D eigenvalue weighted by molar-refractivity contribution is 7.16. The van der Waals surface area contributed by atoms with Crippen molar-refractivity contribution in [2.45, 2.75) is 18.9 Å². The zero-order valence-electron chi connectivity index (χ0n) is 8.94. The van der Waals surface area contributed by atoms with E-state index in [4.69, 9.17) is 0 Å². The first-order valence-corrected chi connectivity index (χ1v) is 6.47. The monoisotopic (exact) mass is 234 g/mol. The maximum absolute atomic E-state index is 4.30. The third kappa shape index (κ3) is 1.88. The molecule has 2 aromatic rings. The van der Waals surface area contributed by atoms with Crippen molar-refractivity contribution >= 4 is 27.4 Å². The van der Waals surface area contributed by atoms with Gasteiger partial charge in [0.15, 0.2) is 0 Å². The van der Waals surface area contributed by atoms with Crippen LogP contribution in [0.4, 0.5) is 5.82 Å². The maximum atomic E-state index is 4.30. The van der Waals surface area contributed by atoms with Crippen molar-refractivity contribution in [2.24, 2.45) is 0 Å². The van der Waals surface area contributed by atoms with Gasteiger partial charge in [-0.3, -0.25) is 0 Å². The molecule has 1 aliphatic rings. The highest BCUT2D eigenvalue weighted by Crippen LogP contribution is 2.23. The Morgan fingerprint density at radius 1 is 1.50 bits per heavy atom. The van der Waals surface area contributed by atoms with Crippen molar-refractivity contribution in [3.63, 3.8) is 0 Å². The van der Waals surface area contributed by atoms with Gasteiger partial charge in [-0.15, -0.1) is 11.3 Å². The Kier molecular flexibility index (Phi) is 2.71. The van der Waals surface area contributed by atoms with Gasteiger partial charge in [0.2, 0.25) is 0 Å². The third-order valence-corrected chi connectivity index (χ3v) is 3.76. The molecule has 1 aliphatic heterocycles. The predicted molar refractivity (Wildman–Crippen MR) is 66.9 cm³/mol. The van der Waals surface area contributed by atoms with Gasteiger partial charge in [0.25, 0.3) is 0 Å². The Bertz CT molecular complexity index is 476. The molecule has 16 heavy (non-hydrogen) atoms. The van der Waals surface area contributed by atoms with E-state index in [2.05, 4.69) is 32.0 Å². The van der Waals surface area contributed by atoms with E-state index in [0.29, 0.717) is 6.04 Å². The van der Waals surface area contributed by atoms with Crippen molar-refractivity contribution in [3.8, 4) is 0 Å². The van der Waals surface area contributed by atoms with Gasteiger partial charge in [0.1, 0.15) is 17.0 Å². The molecule has 0 aliphatic carbocycles. The van der Waals surface area contributed by atoms with E-state index in [0.717, 1.165) is 29.1 Å². The number of aromatic nitrogens is 2. The first kappa shape index (κ1) is 9.99. The van der Waals surface area contributed by atoms with E-state index < -0.39 is 0 Å². The van der Waals surface area contributed by atoms with Crippen LogP contribution in [-0.4, -0.2) is 29.1 Å². The summed E-state index contributed by atoms with van der Waals surface area (Å²) in [7, 11) is 0. The molecule has 5 heteroatoms. The van der Waals surface area contributed by atoms with Crippen LogP contribution in [0.5, 0.6) is 0 Å². The molecule has 1 saturated heterocycles. The molecule has 1 atom stereocenters. The summed E-state index contributed by atoms with van der Waals surface area (Å²) < 4.78 is 0. The summed E-state index contributed by atoms with van der Waals surface area (Å²) in [5.41, 5.74) is 0. The molecule has 1 fully saturated rings. The third-order valence-electron chi connectivity index (χ3n) is 2.94. The summed E-state index contributed by atoms with van der Waals surface area (Å²) in [6.07, 6.45) is 4.16. The predicted octanol–water partition coefficient (Wildman–Crippen LogP) is 1.86. The van der Waals surface area contributed by atoms with E-state index in [-0.39, 0.29) is 0 Å². The van der Waals surface area contributed by atoms with Gasteiger partial charge in [0.05, 0.1) is 5.39 Å². The lowest BCUT2D eigenvalue weighted by Gasteiger charge is -2.12. The second kappa shape index (κ2) is 4.35. The second-order valence-corrected chi connectivity index (χ2v) is 4.93. The number of nitrogens with one attached hydrogen (secondary N) is 2. The van der Waals surface area contributed by atoms with E-state index in [1.54, 1.807) is 17.7 Å². The molecule has 1 unspecified atom stereocenters. The van der Waals surface area contributed by atoms with Gasteiger partial charge in [-0.05, 0) is 30.8 Å². The molecule has 0 aromatic carbocycles. The Morgan fingerprint density at radius 2 is 2.50 bits per heavy atom. The molecule has 2 N–H and O–H groups in total. The largest absolute Gasteiger partial charge is 0.368 e. The van der Waals surface area contributed by atoms with Crippen molar-refractivity contribution in [1.82, 2.24) is 15.3 Å². The molecule has 0 amide bonds. The Hall–Kier alpha value is -1.20. The van der Waals surface area contributed by atoms with Crippen LogP contribution in [0.25, 0.3) is 10.2 Å². The molecule has 0 bridgehead atoms. The van der Waals surface area contributed by atoms with Crippen molar-refractivity contribution < 1.29 is 0 Å². The van der Waals surface area contributed by atoms with Crippen LogP contribution >= 0.6 is 11.3 Å². The minimum atomic E-state index is 0.587. The molecular weight excluding hydrogens is 220 g/mol. The summed E-state index contributed by atoms with van der Waals surface area (Å²) in [6, 6.07) is 2.66. The number of anilines is 1. The van der Waals surface area contributed by atoms with Crippen LogP contribution in [0.3, 0.4) is 0 Å². The van der Waals surface area contributed by atoms with E-state index in [9.17, 15) is 0 Å². The second-order valence-electron chi connectivity index (χ2n) is 4.04. The topological polar surface area (TPSA) is 49.8 Å². The number of rotatable bonds is 3. The normalized spacial score (nSPS) is 20.4. The van der Waals surface area contributed by atoms with Crippen LogP contribution in [0.1, 0.15) is 12.8 Å². The molecule has 4 nitrogen and oxygen atoms in total. The van der Waals surface area contributed by atoms with E-state index in [1.807, 2.05) is 0 Å². The van der Waals surface area contributed by atoms with Crippen LogP contribution < -0.4 is 10.6 Å². The van der Waals surface area contributed by atoms with Gasteiger partial charge in [-0.25, -0.2) is 9.97 Å². The fraction of sp³-hybridized carbons (Fsp3) is 0.455. The van der Waals surface area contributed by atoms with Gasteiger partial charge >= 0.3 is 0 Å². The van der Waals surface area contributed by atoms with Gasteiger partial charge in [0, 0.05) is 12.6 Å². The Labute approximate surface area is 98.1 Å². The van der Waals surface area contributed by atoms with Crippen LogP contribution in [0.2, 0.25) is 0 Å². The molecule has 3 rings (SSSR count). The number of thiophene rings is 1. The summed E-state index contributed by atoms with van der Waals surface area (Å²) in [6.45, 7) is 2.09. The number of hydrogen-bond acceptors (Lipinski definition) is 5. The molecule has 0 saturated carbocycles. The van der Waals surface area contributed by atoms with Crippen LogP contribution in [0, 0.1) is 0 Å². The number of hydrogen-bond donors (Lipinski definition) is 2. The first-order valence-electron chi connectivity index (χ1n) is 5.59. The maximum Gasteiger partial charge on any atom is 0.138 e. The average molecular weight is 234 g/mol. The Morgan fingerprint density at radius 3 is 3.38 bits per heavy atom. The van der Waals surface area contributed by atoms with E-state index >= 15 is 0 Å². The number of nitrogens with zero attached hydrogens (tertiary/aromatic N) is 2. The summed E-state index contributed by atoms with van der Waals surface area (Å²) in [5, 5.41) is 10.1. The van der Waals surface area contributed by atoms with Gasteiger partial charge < -0.3 is 10.6 Å². The Balaban J connectivity index is 1.75. The first-order chi connectivity index (χ1) is 7.93.